The summed E-state index contributed by atoms with van der Waals surface area (Å²) < 4.78 is 24.7. The summed E-state index contributed by atoms with van der Waals surface area (Å²) in [6.45, 7) is 6.28. The Bertz CT molecular complexity index is 444. The largest absolute Gasteiger partial charge is 0.381 e. The van der Waals surface area contributed by atoms with Gasteiger partial charge in [-0.15, -0.1) is 0 Å². The number of hydrogen-bond acceptors (Lipinski definition) is 3. The minimum atomic E-state index is -0.281. The summed E-state index contributed by atoms with van der Waals surface area (Å²) in [5.41, 5.74) is 1.78. The molecule has 4 heteroatoms. The Balaban J connectivity index is 2.38. The van der Waals surface area contributed by atoms with Gasteiger partial charge < -0.3 is 14.8 Å². The Kier molecular flexibility index (Phi) is 5.13. The Morgan fingerprint density at radius 1 is 1.40 bits per heavy atom. The summed E-state index contributed by atoms with van der Waals surface area (Å²) in [4.78, 5) is 0. The van der Waals surface area contributed by atoms with Crippen LogP contribution in [0.15, 0.2) is 18.2 Å². The van der Waals surface area contributed by atoms with Gasteiger partial charge in [-0.1, -0.05) is 13.0 Å². The number of aryl methyl sites for hydroxylation is 1. The van der Waals surface area contributed by atoms with Gasteiger partial charge in [0.15, 0.2) is 0 Å². The lowest BCUT2D eigenvalue weighted by Crippen LogP contribution is -2.49. The fourth-order valence-electron chi connectivity index (χ4n) is 3.07. The summed E-state index contributed by atoms with van der Waals surface area (Å²) in [5.74, 6) is -0.194. The van der Waals surface area contributed by atoms with Crippen molar-refractivity contribution in [1.82, 2.24) is 5.32 Å². The van der Waals surface area contributed by atoms with Crippen molar-refractivity contribution < 1.29 is 13.9 Å². The lowest BCUT2D eigenvalue weighted by atomic mass is 9.80. The Morgan fingerprint density at radius 2 is 2.10 bits per heavy atom. The zero-order valence-corrected chi connectivity index (χ0v) is 12.5. The van der Waals surface area contributed by atoms with Gasteiger partial charge in [-0.05, 0) is 36.7 Å². The highest BCUT2D eigenvalue weighted by Gasteiger charge is 2.41. The Hall–Kier alpha value is -0.970. The summed E-state index contributed by atoms with van der Waals surface area (Å²) >= 11 is 0. The lowest BCUT2D eigenvalue weighted by molar-refractivity contribution is -0.111. The SMILES string of the molecule is CCNC(c1ccc(F)cc1C)C1(OC)CCOCC1. The highest BCUT2D eigenvalue weighted by Crippen LogP contribution is 2.38. The maximum absolute atomic E-state index is 13.3. The van der Waals surface area contributed by atoms with E-state index >= 15 is 0 Å². The molecular weight excluding hydrogens is 257 g/mol. The second kappa shape index (κ2) is 6.66. The van der Waals surface area contributed by atoms with E-state index in [1.54, 1.807) is 13.2 Å². The van der Waals surface area contributed by atoms with Crippen molar-refractivity contribution >= 4 is 0 Å². The summed E-state index contributed by atoms with van der Waals surface area (Å²) in [7, 11) is 1.76. The molecular formula is C16H24FNO2. The van der Waals surface area contributed by atoms with Crippen LogP contribution in [0.2, 0.25) is 0 Å². The van der Waals surface area contributed by atoms with Gasteiger partial charge in [0.2, 0.25) is 0 Å². The average molecular weight is 281 g/mol. The van der Waals surface area contributed by atoms with Crippen LogP contribution in [0.1, 0.15) is 36.9 Å². The molecule has 112 valence electrons. The first kappa shape index (κ1) is 15.4. The van der Waals surface area contributed by atoms with E-state index < -0.39 is 0 Å². The minimum absolute atomic E-state index is 0.0574. The van der Waals surface area contributed by atoms with E-state index in [0.29, 0.717) is 13.2 Å². The normalized spacial score (nSPS) is 19.8. The molecule has 0 amide bonds. The molecule has 1 heterocycles. The van der Waals surface area contributed by atoms with E-state index in [1.807, 2.05) is 13.0 Å². The molecule has 1 aromatic rings. The third-order valence-corrected chi connectivity index (χ3v) is 4.22. The second-order valence-corrected chi connectivity index (χ2v) is 5.37. The second-order valence-electron chi connectivity index (χ2n) is 5.37. The molecule has 0 radical (unpaired) electrons. The quantitative estimate of drug-likeness (QED) is 0.900. The van der Waals surface area contributed by atoms with Crippen LogP contribution in [0.25, 0.3) is 0 Å². The zero-order valence-electron chi connectivity index (χ0n) is 12.5. The average Bonchev–Trinajstić information content (AvgIpc) is 2.46. The molecule has 0 aliphatic carbocycles. The molecule has 0 aromatic heterocycles. The Morgan fingerprint density at radius 3 is 2.65 bits per heavy atom. The molecule has 1 aliphatic heterocycles. The van der Waals surface area contributed by atoms with Crippen LogP contribution in [0, 0.1) is 12.7 Å². The fraction of sp³-hybridized carbons (Fsp3) is 0.625. The van der Waals surface area contributed by atoms with Gasteiger partial charge in [0.1, 0.15) is 5.82 Å². The molecule has 0 saturated carbocycles. The predicted molar refractivity (Wildman–Crippen MR) is 77.3 cm³/mol. The fourth-order valence-corrected chi connectivity index (χ4v) is 3.07. The standard InChI is InChI=1S/C16H24FNO2/c1-4-18-15(14-6-5-13(17)11-12(14)2)16(19-3)7-9-20-10-8-16/h5-6,11,15,18H,4,7-10H2,1-3H3. The number of ether oxygens (including phenoxy) is 2. The number of benzene rings is 1. The van der Waals surface area contributed by atoms with Gasteiger partial charge in [-0.3, -0.25) is 0 Å². The van der Waals surface area contributed by atoms with Gasteiger partial charge in [0.25, 0.3) is 0 Å². The van der Waals surface area contributed by atoms with Crippen LogP contribution in [0.3, 0.4) is 0 Å². The topological polar surface area (TPSA) is 30.5 Å². The first-order valence-electron chi connectivity index (χ1n) is 7.25. The van der Waals surface area contributed by atoms with Crippen molar-refractivity contribution in [3.8, 4) is 0 Å². The number of nitrogens with one attached hydrogen (secondary N) is 1. The molecule has 1 aliphatic rings. The van der Waals surface area contributed by atoms with Crippen molar-refractivity contribution in [3.63, 3.8) is 0 Å². The number of hydrogen-bond donors (Lipinski definition) is 1. The number of rotatable bonds is 5. The predicted octanol–water partition coefficient (Wildman–Crippen LogP) is 2.98. The van der Waals surface area contributed by atoms with Gasteiger partial charge in [-0.25, -0.2) is 4.39 Å². The van der Waals surface area contributed by atoms with Crippen molar-refractivity contribution in [2.24, 2.45) is 0 Å². The highest BCUT2D eigenvalue weighted by molar-refractivity contribution is 5.32. The maximum Gasteiger partial charge on any atom is 0.123 e. The van der Waals surface area contributed by atoms with E-state index in [0.717, 1.165) is 30.5 Å². The number of methoxy groups -OCH3 is 1. The summed E-state index contributed by atoms with van der Waals surface area (Å²) in [5, 5.41) is 3.52. The minimum Gasteiger partial charge on any atom is -0.381 e. The lowest BCUT2D eigenvalue weighted by Gasteiger charge is -2.43. The third-order valence-electron chi connectivity index (χ3n) is 4.22. The molecule has 3 nitrogen and oxygen atoms in total. The van der Waals surface area contributed by atoms with Crippen LogP contribution in [-0.4, -0.2) is 32.5 Å². The van der Waals surface area contributed by atoms with E-state index in [2.05, 4.69) is 12.2 Å². The molecule has 2 rings (SSSR count). The maximum atomic E-state index is 13.3. The van der Waals surface area contributed by atoms with Gasteiger partial charge >= 0.3 is 0 Å². The van der Waals surface area contributed by atoms with Crippen LogP contribution < -0.4 is 5.32 Å². The van der Waals surface area contributed by atoms with E-state index in [-0.39, 0.29) is 17.5 Å². The molecule has 0 bridgehead atoms. The van der Waals surface area contributed by atoms with Crippen LogP contribution >= 0.6 is 0 Å². The van der Waals surface area contributed by atoms with Crippen molar-refractivity contribution in [3.05, 3.63) is 35.1 Å². The van der Waals surface area contributed by atoms with Crippen LogP contribution in [0.4, 0.5) is 4.39 Å². The van der Waals surface area contributed by atoms with Gasteiger partial charge in [-0.2, -0.15) is 0 Å². The smallest absolute Gasteiger partial charge is 0.123 e. The number of halogens is 1. The molecule has 1 aromatic carbocycles. The summed E-state index contributed by atoms with van der Waals surface area (Å²) in [6, 6.07) is 5.04. The monoisotopic (exact) mass is 281 g/mol. The first-order valence-corrected chi connectivity index (χ1v) is 7.25. The number of likely N-dealkylation sites (N-methyl/N-ethyl adjacent to an activating group) is 1. The third kappa shape index (κ3) is 3.03. The molecule has 20 heavy (non-hydrogen) atoms. The van der Waals surface area contributed by atoms with Crippen molar-refractivity contribution in [2.75, 3.05) is 26.9 Å². The van der Waals surface area contributed by atoms with E-state index in [1.165, 1.54) is 6.07 Å². The molecule has 1 fully saturated rings. The molecule has 1 N–H and O–H groups in total. The van der Waals surface area contributed by atoms with Gasteiger partial charge in [0.05, 0.1) is 11.6 Å². The van der Waals surface area contributed by atoms with Gasteiger partial charge in [0, 0.05) is 33.2 Å². The Labute approximate surface area is 120 Å². The van der Waals surface area contributed by atoms with Crippen LogP contribution in [0.5, 0.6) is 0 Å². The van der Waals surface area contributed by atoms with E-state index in [4.69, 9.17) is 9.47 Å². The van der Waals surface area contributed by atoms with Crippen molar-refractivity contribution in [1.29, 1.82) is 0 Å². The van der Waals surface area contributed by atoms with E-state index in [9.17, 15) is 4.39 Å². The summed E-state index contributed by atoms with van der Waals surface area (Å²) in [6.07, 6.45) is 1.69. The molecule has 1 unspecified atom stereocenters. The highest BCUT2D eigenvalue weighted by atomic mass is 19.1. The molecule has 0 spiro atoms. The first-order chi connectivity index (χ1) is 9.63. The molecule has 1 atom stereocenters. The van der Waals surface area contributed by atoms with Crippen molar-refractivity contribution in [2.45, 2.75) is 38.3 Å². The molecule has 1 saturated heterocycles. The zero-order chi connectivity index (χ0) is 14.6. The van der Waals surface area contributed by atoms with Crippen LogP contribution in [-0.2, 0) is 9.47 Å².